The molecule has 138 valence electrons. The molecule has 8 heteroatoms. The number of aryl methyl sites for hydroxylation is 1. The maximum Gasteiger partial charge on any atom is 0.259 e. The quantitative estimate of drug-likeness (QED) is 0.678. The van der Waals surface area contributed by atoms with Crippen molar-refractivity contribution in [3.63, 3.8) is 0 Å². The zero-order valence-electron chi connectivity index (χ0n) is 14.7. The van der Waals surface area contributed by atoms with E-state index in [1.165, 1.54) is 23.1 Å². The van der Waals surface area contributed by atoms with Gasteiger partial charge in [0.25, 0.3) is 5.91 Å². The van der Waals surface area contributed by atoms with Crippen LogP contribution < -0.4 is 9.80 Å². The summed E-state index contributed by atoms with van der Waals surface area (Å²) in [7, 11) is 0. The third kappa shape index (κ3) is 2.85. The number of halogens is 3. The lowest BCUT2D eigenvalue weighted by Crippen LogP contribution is -2.44. The molecule has 2 aromatic rings. The van der Waals surface area contributed by atoms with Crippen LogP contribution in [0.5, 0.6) is 0 Å². The monoisotopic (exact) mass is 405 g/mol. The van der Waals surface area contributed by atoms with E-state index in [4.69, 9.17) is 29.1 Å². The number of hydrogen-bond donors (Lipinski definition) is 0. The SMILES string of the molecule is Cc1ccc(N2C(=S)N(c3ccc(C#N)c(Cl)c3F)C(=O)C2(C)C)cc1F. The smallest absolute Gasteiger partial charge is 0.259 e. The van der Waals surface area contributed by atoms with E-state index in [2.05, 4.69) is 0 Å². The summed E-state index contributed by atoms with van der Waals surface area (Å²) in [5, 5.41) is 8.58. The fourth-order valence-corrected chi connectivity index (χ4v) is 3.68. The first-order chi connectivity index (χ1) is 12.6. The Labute approximate surface area is 165 Å². The Balaban J connectivity index is 2.14. The maximum atomic E-state index is 14.7. The first kappa shape index (κ1) is 19.2. The summed E-state index contributed by atoms with van der Waals surface area (Å²) in [6, 6.07) is 8.88. The van der Waals surface area contributed by atoms with Gasteiger partial charge in [-0.3, -0.25) is 9.69 Å². The third-order valence-electron chi connectivity index (χ3n) is 4.50. The van der Waals surface area contributed by atoms with Crippen molar-refractivity contribution in [1.82, 2.24) is 0 Å². The standard InChI is InChI=1S/C19H14ClF2N3OS/c1-10-4-6-12(8-13(10)21)25-18(27)24(17(26)19(25,2)3)14-7-5-11(9-23)15(20)16(14)22/h4-8H,1-3H3. The van der Waals surface area contributed by atoms with E-state index in [0.717, 1.165) is 4.90 Å². The van der Waals surface area contributed by atoms with Crippen LogP contribution in [-0.4, -0.2) is 16.6 Å². The molecule has 0 aliphatic carbocycles. The predicted octanol–water partition coefficient (Wildman–Crippen LogP) is 4.72. The summed E-state index contributed by atoms with van der Waals surface area (Å²) in [5.74, 6) is -1.85. The number of rotatable bonds is 2. The highest BCUT2D eigenvalue weighted by atomic mass is 35.5. The minimum Gasteiger partial charge on any atom is -0.303 e. The fraction of sp³-hybridized carbons (Fsp3) is 0.211. The Hall–Kier alpha value is -2.56. The van der Waals surface area contributed by atoms with Crippen molar-refractivity contribution in [2.75, 3.05) is 9.80 Å². The summed E-state index contributed by atoms with van der Waals surface area (Å²) < 4.78 is 28.8. The molecule has 0 aromatic heterocycles. The van der Waals surface area contributed by atoms with E-state index in [0.29, 0.717) is 11.3 Å². The first-order valence-corrected chi connectivity index (χ1v) is 8.73. The number of nitriles is 1. The number of carbonyl (C=O) groups excluding carboxylic acids is 1. The number of amides is 1. The van der Waals surface area contributed by atoms with Gasteiger partial charge in [0.2, 0.25) is 0 Å². The van der Waals surface area contributed by atoms with E-state index < -0.39 is 23.1 Å². The Morgan fingerprint density at radius 2 is 1.89 bits per heavy atom. The van der Waals surface area contributed by atoms with Crippen LogP contribution in [0, 0.1) is 29.9 Å². The molecule has 0 saturated carbocycles. The van der Waals surface area contributed by atoms with Crippen molar-refractivity contribution in [3.05, 3.63) is 58.1 Å². The van der Waals surface area contributed by atoms with Crippen molar-refractivity contribution < 1.29 is 13.6 Å². The van der Waals surface area contributed by atoms with Gasteiger partial charge in [-0.2, -0.15) is 5.26 Å². The minimum atomic E-state index is -1.18. The molecule has 4 nitrogen and oxygen atoms in total. The highest BCUT2D eigenvalue weighted by molar-refractivity contribution is 7.81. The predicted molar refractivity (Wildman–Crippen MR) is 104 cm³/mol. The number of benzene rings is 2. The van der Waals surface area contributed by atoms with Crippen LogP contribution in [0.3, 0.4) is 0 Å². The summed E-state index contributed by atoms with van der Waals surface area (Å²) in [6.45, 7) is 4.85. The van der Waals surface area contributed by atoms with Crippen LogP contribution in [0.4, 0.5) is 20.2 Å². The van der Waals surface area contributed by atoms with Gasteiger partial charge in [-0.25, -0.2) is 8.78 Å². The highest BCUT2D eigenvalue weighted by Crippen LogP contribution is 2.39. The van der Waals surface area contributed by atoms with Crippen LogP contribution in [0.1, 0.15) is 25.0 Å². The Morgan fingerprint density at radius 1 is 1.22 bits per heavy atom. The first-order valence-electron chi connectivity index (χ1n) is 7.94. The van der Waals surface area contributed by atoms with Gasteiger partial charge in [0, 0.05) is 5.69 Å². The molecule has 1 saturated heterocycles. The second-order valence-corrected chi connectivity index (χ2v) is 7.37. The van der Waals surface area contributed by atoms with Gasteiger partial charge < -0.3 is 4.90 Å². The maximum absolute atomic E-state index is 14.7. The van der Waals surface area contributed by atoms with Crippen molar-refractivity contribution in [2.45, 2.75) is 26.3 Å². The number of hydrogen-bond acceptors (Lipinski definition) is 3. The minimum absolute atomic E-state index is 0.00655. The van der Waals surface area contributed by atoms with Crippen molar-refractivity contribution >= 4 is 46.2 Å². The lowest BCUT2D eigenvalue weighted by molar-refractivity contribution is -0.120. The average molecular weight is 406 g/mol. The molecule has 0 N–H and O–H groups in total. The number of thiocarbonyl (C=S) groups is 1. The van der Waals surface area contributed by atoms with Gasteiger partial charge in [-0.15, -0.1) is 0 Å². The van der Waals surface area contributed by atoms with Gasteiger partial charge in [-0.05, 0) is 62.8 Å². The molecular formula is C19H14ClF2N3OS. The van der Waals surface area contributed by atoms with Crippen LogP contribution in [0.25, 0.3) is 0 Å². The molecule has 2 aromatic carbocycles. The summed E-state index contributed by atoms with van der Waals surface area (Å²) >= 11 is 11.3. The Kier molecular flexibility index (Phi) is 4.66. The van der Waals surface area contributed by atoms with Gasteiger partial charge in [-0.1, -0.05) is 17.7 Å². The zero-order chi connectivity index (χ0) is 20.1. The van der Waals surface area contributed by atoms with Crippen LogP contribution in [-0.2, 0) is 4.79 Å². The van der Waals surface area contributed by atoms with Gasteiger partial charge in [0.05, 0.1) is 16.3 Å². The second kappa shape index (κ2) is 6.55. The molecule has 1 heterocycles. The molecule has 0 bridgehead atoms. The fourth-order valence-electron chi connectivity index (χ4n) is 2.96. The molecule has 27 heavy (non-hydrogen) atoms. The molecule has 1 amide bonds. The molecule has 1 aliphatic rings. The lowest BCUT2D eigenvalue weighted by Gasteiger charge is -2.29. The van der Waals surface area contributed by atoms with Crippen LogP contribution in [0.15, 0.2) is 30.3 Å². The topological polar surface area (TPSA) is 47.3 Å². The highest BCUT2D eigenvalue weighted by Gasteiger charge is 2.51. The number of anilines is 2. The van der Waals surface area contributed by atoms with Gasteiger partial charge in [0.15, 0.2) is 10.9 Å². The van der Waals surface area contributed by atoms with Crippen LogP contribution >= 0.6 is 23.8 Å². The molecule has 0 atom stereocenters. The summed E-state index contributed by atoms with van der Waals surface area (Å²) in [6.07, 6.45) is 0. The number of carbonyl (C=O) groups is 1. The molecule has 0 radical (unpaired) electrons. The summed E-state index contributed by atoms with van der Waals surface area (Å²) in [5.41, 5.74) is -0.547. The van der Waals surface area contributed by atoms with Crippen LogP contribution in [0.2, 0.25) is 5.02 Å². The third-order valence-corrected chi connectivity index (χ3v) is 5.24. The van der Waals surface area contributed by atoms with E-state index in [1.54, 1.807) is 39.0 Å². The molecule has 3 rings (SSSR count). The van der Waals surface area contributed by atoms with Gasteiger partial charge in [0.1, 0.15) is 17.4 Å². The second-order valence-electron chi connectivity index (χ2n) is 6.62. The largest absolute Gasteiger partial charge is 0.303 e. The van der Waals surface area contributed by atoms with E-state index in [9.17, 15) is 13.6 Å². The number of nitrogens with zero attached hydrogens (tertiary/aromatic N) is 3. The lowest BCUT2D eigenvalue weighted by atomic mass is 10.0. The van der Waals surface area contributed by atoms with E-state index >= 15 is 0 Å². The molecule has 1 aliphatic heterocycles. The Bertz CT molecular complexity index is 1030. The van der Waals surface area contributed by atoms with E-state index in [-0.39, 0.29) is 21.4 Å². The van der Waals surface area contributed by atoms with Crippen molar-refractivity contribution in [3.8, 4) is 6.07 Å². The van der Waals surface area contributed by atoms with E-state index in [1.807, 2.05) is 0 Å². The van der Waals surface area contributed by atoms with Crippen molar-refractivity contribution in [1.29, 1.82) is 5.26 Å². The summed E-state index contributed by atoms with van der Waals surface area (Å²) in [4.78, 5) is 15.5. The molecular weight excluding hydrogens is 392 g/mol. The average Bonchev–Trinajstić information content (AvgIpc) is 2.78. The Morgan fingerprint density at radius 3 is 2.48 bits per heavy atom. The molecule has 1 fully saturated rings. The molecule has 0 spiro atoms. The zero-order valence-corrected chi connectivity index (χ0v) is 16.3. The molecule has 0 unspecified atom stereocenters. The van der Waals surface area contributed by atoms with Gasteiger partial charge >= 0.3 is 0 Å². The normalized spacial score (nSPS) is 16.0. The van der Waals surface area contributed by atoms with Crippen molar-refractivity contribution in [2.24, 2.45) is 0 Å².